The summed E-state index contributed by atoms with van der Waals surface area (Å²) in [4.78, 5) is 4.08. The lowest BCUT2D eigenvalue weighted by molar-refractivity contribution is -0.137. The minimum absolute atomic E-state index is 0.0310. The van der Waals surface area contributed by atoms with Crippen molar-refractivity contribution >= 4 is 10.0 Å². The van der Waals surface area contributed by atoms with Gasteiger partial charge in [0.25, 0.3) is 0 Å². The van der Waals surface area contributed by atoms with Crippen LogP contribution in [0.5, 0.6) is 0 Å². The van der Waals surface area contributed by atoms with E-state index in [0.717, 1.165) is 35.4 Å². The van der Waals surface area contributed by atoms with Gasteiger partial charge in [0.05, 0.1) is 16.2 Å². The number of aromatic nitrogens is 1. The number of oxazole rings is 1. The fraction of sp³-hybridized carbons (Fsp3) is 0.211. The molecule has 0 spiro atoms. The first-order valence-electron chi connectivity index (χ1n) is 8.33. The van der Waals surface area contributed by atoms with E-state index in [4.69, 9.17) is 4.42 Å². The molecule has 3 rings (SSSR count). The van der Waals surface area contributed by atoms with E-state index >= 15 is 0 Å². The summed E-state index contributed by atoms with van der Waals surface area (Å²) in [5.41, 5.74) is 1.57. The van der Waals surface area contributed by atoms with Crippen LogP contribution in [0.15, 0.2) is 64.1 Å². The van der Waals surface area contributed by atoms with Gasteiger partial charge >= 0.3 is 6.18 Å². The van der Waals surface area contributed by atoms with Gasteiger partial charge in [-0.2, -0.15) is 13.2 Å². The highest BCUT2D eigenvalue weighted by atomic mass is 32.2. The average molecular weight is 410 g/mol. The fourth-order valence-electron chi connectivity index (χ4n) is 2.47. The summed E-state index contributed by atoms with van der Waals surface area (Å²) < 4.78 is 69.9. The average Bonchev–Trinajstić information content (AvgIpc) is 3.10. The van der Waals surface area contributed by atoms with Gasteiger partial charge in [-0.1, -0.05) is 17.7 Å². The SMILES string of the molecule is Cc1ccc(-c2nc(CCNS(=O)(=O)c3ccc(C(F)(F)F)cc3)co2)cc1. The minimum atomic E-state index is -4.52. The predicted molar refractivity (Wildman–Crippen MR) is 97.0 cm³/mol. The molecule has 1 N–H and O–H groups in total. The Balaban J connectivity index is 1.60. The number of sulfonamides is 1. The predicted octanol–water partition coefficient (Wildman–Crippen LogP) is 4.19. The summed E-state index contributed by atoms with van der Waals surface area (Å²) in [5, 5.41) is 0. The first-order valence-corrected chi connectivity index (χ1v) is 9.82. The third-order valence-electron chi connectivity index (χ3n) is 4.02. The largest absolute Gasteiger partial charge is 0.444 e. The Kier molecular flexibility index (Phi) is 5.57. The van der Waals surface area contributed by atoms with Crippen LogP contribution in [0.25, 0.3) is 11.5 Å². The van der Waals surface area contributed by atoms with Crippen molar-refractivity contribution < 1.29 is 26.0 Å². The molecule has 0 aliphatic carbocycles. The molecule has 0 fully saturated rings. The van der Waals surface area contributed by atoms with Crippen molar-refractivity contribution in [2.75, 3.05) is 6.54 Å². The highest BCUT2D eigenvalue weighted by molar-refractivity contribution is 7.89. The molecule has 2 aromatic carbocycles. The molecular formula is C19H17F3N2O3S. The molecule has 28 heavy (non-hydrogen) atoms. The third-order valence-corrected chi connectivity index (χ3v) is 5.49. The molecule has 0 saturated heterocycles. The second-order valence-electron chi connectivity index (χ2n) is 6.18. The van der Waals surface area contributed by atoms with Crippen molar-refractivity contribution in [3.8, 4) is 11.5 Å². The number of alkyl halides is 3. The summed E-state index contributed by atoms with van der Waals surface area (Å²) in [6.07, 6.45) is -2.80. The Morgan fingerprint density at radius 2 is 1.68 bits per heavy atom. The number of aryl methyl sites for hydroxylation is 1. The van der Waals surface area contributed by atoms with E-state index in [1.54, 1.807) is 0 Å². The van der Waals surface area contributed by atoms with E-state index in [0.29, 0.717) is 11.6 Å². The van der Waals surface area contributed by atoms with Crippen molar-refractivity contribution in [3.05, 3.63) is 71.6 Å². The first-order chi connectivity index (χ1) is 13.1. The van der Waals surface area contributed by atoms with Gasteiger partial charge in [0, 0.05) is 18.5 Å². The lowest BCUT2D eigenvalue weighted by Crippen LogP contribution is -2.26. The molecule has 0 atom stereocenters. The maximum atomic E-state index is 12.6. The molecule has 0 amide bonds. The number of benzene rings is 2. The molecule has 148 valence electrons. The van der Waals surface area contributed by atoms with Gasteiger partial charge in [-0.3, -0.25) is 0 Å². The lowest BCUT2D eigenvalue weighted by atomic mass is 10.1. The summed E-state index contributed by atoms with van der Waals surface area (Å²) >= 11 is 0. The van der Waals surface area contributed by atoms with Gasteiger partial charge in [0.1, 0.15) is 6.26 Å². The number of nitrogens with one attached hydrogen (secondary N) is 1. The standard InChI is InChI=1S/C19H17F3N2O3S/c1-13-2-4-14(5-3-13)18-24-16(12-27-18)10-11-23-28(25,26)17-8-6-15(7-9-17)19(20,21)22/h2-9,12,23H,10-11H2,1H3. The minimum Gasteiger partial charge on any atom is -0.444 e. The van der Waals surface area contributed by atoms with Crippen LogP contribution in [0.3, 0.4) is 0 Å². The zero-order chi connectivity index (χ0) is 20.4. The van der Waals surface area contributed by atoms with Crippen LogP contribution in [0, 0.1) is 6.92 Å². The summed E-state index contributed by atoms with van der Waals surface area (Å²) in [6.45, 7) is 2.00. The van der Waals surface area contributed by atoms with Crippen molar-refractivity contribution in [3.63, 3.8) is 0 Å². The summed E-state index contributed by atoms with van der Waals surface area (Å²) in [5.74, 6) is 0.431. The molecular weight excluding hydrogens is 393 g/mol. The molecule has 0 bridgehead atoms. The Bertz CT molecular complexity index is 1040. The van der Waals surface area contributed by atoms with Gasteiger partial charge in [-0.25, -0.2) is 18.1 Å². The van der Waals surface area contributed by atoms with Crippen LogP contribution in [0.1, 0.15) is 16.8 Å². The van der Waals surface area contributed by atoms with Crippen molar-refractivity contribution in [2.24, 2.45) is 0 Å². The van der Waals surface area contributed by atoms with Crippen LogP contribution in [0.4, 0.5) is 13.2 Å². The van der Waals surface area contributed by atoms with E-state index in [1.807, 2.05) is 31.2 Å². The van der Waals surface area contributed by atoms with E-state index in [1.165, 1.54) is 6.26 Å². The number of rotatable bonds is 6. The number of halogens is 3. The monoisotopic (exact) mass is 410 g/mol. The topological polar surface area (TPSA) is 72.2 Å². The van der Waals surface area contributed by atoms with Gasteiger partial charge in [-0.05, 0) is 43.3 Å². The van der Waals surface area contributed by atoms with Gasteiger partial charge in [-0.15, -0.1) is 0 Å². The third kappa shape index (κ3) is 4.79. The van der Waals surface area contributed by atoms with Crippen LogP contribution in [-0.4, -0.2) is 19.9 Å². The smallest absolute Gasteiger partial charge is 0.416 e. The number of nitrogens with zero attached hydrogens (tertiary/aromatic N) is 1. The molecule has 1 aromatic heterocycles. The van der Waals surface area contributed by atoms with Crippen molar-refractivity contribution in [1.29, 1.82) is 0 Å². The molecule has 9 heteroatoms. The van der Waals surface area contributed by atoms with Gasteiger partial charge in [0.2, 0.25) is 15.9 Å². The Hall–Kier alpha value is -2.65. The van der Waals surface area contributed by atoms with Gasteiger partial charge in [0.15, 0.2) is 0 Å². The van der Waals surface area contributed by atoms with Crippen LogP contribution >= 0.6 is 0 Å². The fourth-order valence-corrected chi connectivity index (χ4v) is 3.50. The number of hydrogen-bond acceptors (Lipinski definition) is 4. The molecule has 3 aromatic rings. The van der Waals surface area contributed by atoms with Crippen molar-refractivity contribution in [1.82, 2.24) is 9.71 Å². The normalized spacial score (nSPS) is 12.3. The highest BCUT2D eigenvalue weighted by Gasteiger charge is 2.30. The molecule has 1 heterocycles. The molecule has 5 nitrogen and oxygen atoms in total. The molecule has 0 aliphatic heterocycles. The molecule has 0 unspecified atom stereocenters. The Morgan fingerprint density at radius 3 is 2.29 bits per heavy atom. The van der Waals surface area contributed by atoms with E-state index in [2.05, 4.69) is 9.71 Å². The zero-order valence-electron chi connectivity index (χ0n) is 14.8. The molecule has 0 aliphatic rings. The zero-order valence-corrected chi connectivity index (χ0v) is 15.6. The van der Waals surface area contributed by atoms with Gasteiger partial charge < -0.3 is 4.42 Å². The lowest BCUT2D eigenvalue weighted by Gasteiger charge is -2.09. The summed E-state index contributed by atoms with van der Waals surface area (Å²) in [7, 11) is -3.92. The van der Waals surface area contributed by atoms with E-state index in [-0.39, 0.29) is 17.9 Å². The Labute approximate surface area is 160 Å². The second kappa shape index (κ2) is 7.76. The maximum Gasteiger partial charge on any atom is 0.416 e. The molecule has 0 radical (unpaired) electrons. The Morgan fingerprint density at radius 1 is 1.04 bits per heavy atom. The van der Waals surface area contributed by atoms with E-state index < -0.39 is 21.8 Å². The van der Waals surface area contributed by atoms with Crippen LogP contribution in [0.2, 0.25) is 0 Å². The van der Waals surface area contributed by atoms with Crippen molar-refractivity contribution in [2.45, 2.75) is 24.4 Å². The quantitative estimate of drug-likeness (QED) is 0.662. The summed E-state index contributed by atoms with van der Waals surface area (Å²) in [6, 6.07) is 10.9. The van der Waals surface area contributed by atoms with Crippen LogP contribution < -0.4 is 4.72 Å². The van der Waals surface area contributed by atoms with E-state index in [9.17, 15) is 21.6 Å². The second-order valence-corrected chi connectivity index (χ2v) is 7.95. The molecule has 0 saturated carbocycles. The highest BCUT2D eigenvalue weighted by Crippen LogP contribution is 2.29. The maximum absolute atomic E-state index is 12.6. The first kappa shape index (κ1) is 20.1. The van der Waals surface area contributed by atoms with Crippen LogP contribution in [-0.2, 0) is 22.6 Å². The number of hydrogen-bond donors (Lipinski definition) is 1.